The summed E-state index contributed by atoms with van der Waals surface area (Å²) in [5.74, 6) is -0.639. The van der Waals surface area contributed by atoms with Crippen LogP contribution in [0.2, 0.25) is 0 Å². The molecule has 1 unspecified atom stereocenters. The van der Waals surface area contributed by atoms with Crippen LogP contribution in [0.4, 0.5) is 0 Å². The van der Waals surface area contributed by atoms with Crippen LogP contribution in [0, 0.1) is 27.7 Å². The van der Waals surface area contributed by atoms with E-state index in [-0.39, 0.29) is 11.9 Å². The van der Waals surface area contributed by atoms with Crippen molar-refractivity contribution < 1.29 is 14.3 Å². The van der Waals surface area contributed by atoms with Gasteiger partial charge in [-0.15, -0.1) is 0 Å². The van der Waals surface area contributed by atoms with Gasteiger partial charge in [0.1, 0.15) is 5.69 Å². The highest BCUT2D eigenvalue weighted by molar-refractivity contribution is 6.01. The third kappa shape index (κ3) is 3.92. The van der Waals surface area contributed by atoms with E-state index in [0.29, 0.717) is 29.1 Å². The fourth-order valence-electron chi connectivity index (χ4n) is 3.07. The molecule has 5 nitrogen and oxygen atoms in total. The second kappa shape index (κ2) is 7.55. The first-order valence-corrected chi connectivity index (χ1v) is 8.50. The Morgan fingerprint density at radius 3 is 2.52 bits per heavy atom. The van der Waals surface area contributed by atoms with Crippen molar-refractivity contribution in [2.45, 2.75) is 47.6 Å². The average molecular weight is 342 g/mol. The number of benzene rings is 1. The number of esters is 1. The van der Waals surface area contributed by atoms with E-state index in [4.69, 9.17) is 4.74 Å². The Kier molecular flexibility index (Phi) is 5.67. The summed E-state index contributed by atoms with van der Waals surface area (Å²) in [4.78, 5) is 27.7. The molecule has 0 aliphatic heterocycles. The van der Waals surface area contributed by atoms with Crippen molar-refractivity contribution in [3.8, 4) is 0 Å². The molecule has 0 radical (unpaired) electrons. The Bertz CT molecular complexity index is 806. The smallest absolute Gasteiger partial charge is 0.355 e. The molecule has 0 bridgehead atoms. The SMILES string of the molecule is CCOC(=O)c1[nH]c(C)c(C(=O)NC(C)c2cc(C)ccc2C)c1C. The van der Waals surface area contributed by atoms with Crippen LogP contribution < -0.4 is 5.32 Å². The molecule has 5 heteroatoms. The summed E-state index contributed by atoms with van der Waals surface area (Å²) in [6, 6.07) is 6.06. The van der Waals surface area contributed by atoms with Gasteiger partial charge >= 0.3 is 5.97 Å². The highest BCUT2D eigenvalue weighted by Crippen LogP contribution is 2.22. The molecule has 1 aromatic carbocycles. The summed E-state index contributed by atoms with van der Waals surface area (Å²) >= 11 is 0. The zero-order valence-corrected chi connectivity index (χ0v) is 15.7. The van der Waals surface area contributed by atoms with Crippen molar-refractivity contribution in [1.82, 2.24) is 10.3 Å². The number of ether oxygens (including phenoxy) is 1. The maximum absolute atomic E-state index is 12.8. The lowest BCUT2D eigenvalue weighted by Crippen LogP contribution is -2.28. The number of aryl methyl sites for hydroxylation is 3. The molecule has 1 aromatic heterocycles. The van der Waals surface area contributed by atoms with Crippen LogP contribution in [0.1, 0.15) is 68.7 Å². The Morgan fingerprint density at radius 2 is 1.88 bits per heavy atom. The number of hydrogen-bond donors (Lipinski definition) is 2. The Labute approximate surface area is 148 Å². The van der Waals surface area contributed by atoms with E-state index in [9.17, 15) is 9.59 Å². The van der Waals surface area contributed by atoms with Crippen LogP contribution in [0.3, 0.4) is 0 Å². The van der Waals surface area contributed by atoms with Gasteiger partial charge in [-0.1, -0.05) is 23.8 Å². The van der Waals surface area contributed by atoms with Gasteiger partial charge in [0.2, 0.25) is 0 Å². The number of carbonyl (C=O) groups excluding carboxylic acids is 2. The number of rotatable bonds is 5. The summed E-state index contributed by atoms with van der Waals surface area (Å²) in [7, 11) is 0. The van der Waals surface area contributed by atoms with Gasteiger partial charge in [-0.3, -0.25) is 4.79 Å². The molecule has 134 valence electrons. The number of nitrogens with one attached hydrogen (secondary N) is 2. The average Bonchev–Trinajstić information content (AvgIpc) is 2.84. The molecule has 0 fully saturated rings. The van der Waals surface area contributed by atoms with Crippen molar-refractivity contribution in [2.24, 2.45) is 0 Å². The minimum Gasteiger partial charge on any atom is -0.461 e. The van der Waals surface area contributed by atoms with Gasteiger partial charge in [-0.05, 0) is 58.2 Å². The molecule has 1 heterocycles. The monoisotopic (exact) mass is 342 g/mol. The lowest BCUT2D eigenvalue weighted by Gasteiger charge is -2.17. The lowest BCUT2D eigenvalue weighted by molar-refractivity contribution is 0.0519. The molecule has 0 spiro atoms. The molecule has 1 atom stereocenters. The van der Waals surface area contributed by atoms with E-state index in [0.717, 1.165) is 16.7 Å². The number of hydrogen-bond acceptors (Lipinski definition) is 3. The topological polar surface area (TPSA) is 71.2 Å². The largest absolute Gasteiger partial charge is 0.461 e. The maximum Gasteiger partial charge on any atom is 0.355 e. The first-order valence-electron chi connectivity index (χ1n) is 8.50. The number of amides is 1. The van der Waals surface area contributed by atoms with Crippen LogP contribution in [0.5, 0.6) is 0 Å². The molecule has 1 amide bonds. The summed E-state index contributed by atoms with van der Waals surface area (Å²) in [5, 5.41) is 3.04. The van der Waals surface area contributed by atoms with Crippen LogP contribution in [-0.2, 0) is 4.74 Å². The quantitative estimate of drug-likeness (QED) is 0.809. The number of aromatic nitrogens is 1. The number of aromatic amines is 1. The van der Waals surface area contributed by atoms with Gasteiger partial charge in [0.25, 0.3) is 5.91 Å². The van der Waals surface area contributed by atoms with Gasteiger partial charge in [0.15, 0.2) is 0 Å². The summed E-state index contributed by atoms with van der Waals surface area (Å²) < 4.78 is 5.03. The zero-order valence-electron chi connectivity index (χ0n) is 15.7. The summed E-state index contributed by atoms with van der Waals surface area (Å²) in [5.41, 5.74) is 5.48. The van der Waals surface area contributed by atoms with Crippen molar-refractivity contribution in [2.75, 3.05) is 6.61 Å². The third-order valence-electron chi connectivity index (χ3n) is 4.39. The van der Waals surface area contributed by atoms with Gasteiger partial charge < -0.3 is 15.0 Å². The number of H-pyrrole nitrogens is 1. The van der Waals surface area contributed by atoms with Crippen LogP contribution in [0.25, 0.3) is 0 Å². The molecule has 2 aromatic rings. The molecule has 0 saturated carbocycles. The normalized spacial score (nSPS) is 11.9. The van der Waals surface area contributed by atoms with Crippen molar-refractivity contribution >= 4 is 11.9 Å². The van der Waals surface area contributed by atoms with E-state index in [2.05, 4.69) is 28.5 Å². The maximum atomic E-state index is 12.8. The van der Waals surface area contributed by atoms with Gasteiger partial charge in [-0.25, -0.2) is 4.79 Å². The molecule has 0 aliphatic carbocycles. The van der Waals surface area contributed by atoms with Gasteiger partial charge in [-0.2, -0.15) is 0 Å². The predicted octanol–water partition coefficient (Wildman–Crippen LogP) is 3.92. The highest BCUT2D eigenvalue weighted by atomic mass is 16.5. The van der Waals surface area contributed by atoms with Crippen molar-refractivity contribution in [3.63, 3.8) is 0 Å². The fraction of sp³-hybridized carbons (Fsp3) is 0.400. The second-order valence-corrected chi connectivity index (χ2v) is 6.40. The molecule has 2 rings (SSSR count). The van der Waals surface area contributed by atoms with Crippen LogP contribution >= 0.6 is 0 Å². The van der Waals surface area contributed by atoms with Gasteiger partial charge in [0.05, 0.1) is 18.2 Å². The van der Waals surface area contributed by atoms with Crippen LogP contribution in [-0.4, -0.2) is 23.5 Å². The fourth-order valence-corrected chi connectivity index (χ4v) is 3.07. The van der Waals surface area contributed by atoms with Crippen molar-refractivity contribution in [3.05, 3.63) is 57.4 Å². The highest BCUT2D eigenvalue weighted by Gasteiger charge is 2.24. The minimum absolute atomic E-state index is 0.132. The predicted molar refractivity (Wildman–Crippen MR) is 98.0 cm³/mol. The molecule has 25 heavy (non-hydrogen) atoms. The molecular weight excluding hydrogens is 316 g/mol. The second-order valence-electron chi connectivity index (χ2n) is 6.40. The van der Waals surface area contributed by atoms with E-state index < -0.39 is 5.97 Å². The van der Waals surface area contributed by atoms with E-state index in [1.54, 1.807) is 20.8 Å². The number of carbonyl (C=O) groups is 2. The Morgan fingerprint density at radius 1 is 1.20 bits per heavy atom. The Hall–Kier alpha value is -2.56. The summed E-state index contributed by atoms with van der Waals surface area (Å²) in [6.45, 7) is 11.6. The molecule has 0 saturated heterocycles. The minimum atomic E-state index is -0.440. The molecular formula is C20H26N2O3. The van der Waals surface area contributed by atoms with Gasteiger partial charge in [0, 0.05) is 5.69 Å². The summed E-state index contributed by atoms with van der Waals surface area (Å²) in [6.07, 6.45) is 0. The Balaban J connectivity index is 2.26. The standard InChI is InChI=1S/C20H26N2O3/c1-7-25-20(24)18-13(4)17(15(6)21-18)19(23)22-14(5)16-10-11(2)8-9-12(16)3/h8-10,14,21H,7H2,1-6H3,(H,22,23). The zero-order chi connectivity index (χ0) is 18.7. The lowest BCUT2D eigenvalue weighted by atomic mass is 9.99. The first-order chi connectivity index (χ1) is 11.8. The first kappa shape index (κ1) is 18.8. The molecule has 0 aliphatic rings. The van der Waals surface area contributed by atoms with E-state index in [1.807, 2.05) is 20.8 Å². The van der Waals surface area contributed by atoms with E-state index in [1.165, 1.54) is 0 Å². The third-order valence-corrected chi connectivity index (χ3v) is 4.39. The van der Waals surface area contributed by atoms with E-state index >= 15 is 0 Å². The van der Waals surface area contributed by atoms with Crippen molar-refractivity contribution in [1.29, 1.82) is 0 Å². The van der Waals surface area contributed by atoms with Crippen LogP contribution in [0.15, 0.2) is 18.2 Å². The molecule has 2 N–H and O–H groups in total.